The Kier molecular flexibility index (Phi) is 6.59. The van der Waals surface area contributed by atoms with Crippen LogP contribution in [0.4, 0.5) is 13.2 Å². The summed E-state index contributed by atoms with van der Waals surface area (Å²) in [7, 11) is 0. The summed E-state index contributed by atoms with van der Waals surface area (Å²) in [5.74, 6) is -1.01. The fraction of sp³-hybridized carbons (Fsp3) is 0.200. The standard InChI is InChI=1S/C25H18F3N5O5/c1-13-30-31-18(36-13)12-11-17(34)21(35)15-7-9-16(10-8-15)23-29-24(38-33-23)22-19(25(26,27)28)20(32-37-22)14-5-3-2-4-6-14/h2-10,21,35H,11-12H2,1H3. The zero-order valence-electron chi connectivity index (χ0n) is 19.6. The third-order valence-corrected chi connectivity index (χ3v) is 5.59. The summed E-state index contributed by atoms with van der Waals surface area (Å²) in [4.78, 5) is 16.4. The number of hydrogen-bond donors (Lipinski definition) is 1. The fourth-order valence-corrected chi connectivity index (χ4v) is 3.73. The highest BCUT2D eigenvalue weighted by Gasteiger charge is 2.43. The van der Waals surface area contributed by atoms with Crippen molar-refractivity contribution in [1.82, 2.24) is 25.5 Å². The molecule has 5 rings (SSSR count). The molecule has 3 heterocycles. The average Bonchev–Trinajstić information content (AvgIpc) is 3.66. The highest BCUT2D eigenvalue weighted by atomic mass is 19.4. The molecule has 5 aromatic rings. The highest BCUT2D eigenvalue weighted by Crippen LogP contribution is 2.43. The van der Waals surface area contributed by atoms with Gasteiger partial charge in [-0.1, -0.05) is 64.9 Å². The van der Waals surface area contributed by atoms with Crippen molar-refractivity contribution in [2.45, 2.75) is 32.0 Å². The molecule has 38 heavy (non-hydrogen) atoms. The normalized spacial score (nSPS) is 12.6. The zero-order chi connectivity index (χ0) is 26.9. The zero-order valence-corrected chi connectivity index (χ0v) is 19.6. The first kappa shape index (κ1) is 25.0. The van der Waals surface area contributed by atoms with Crippen LogP contribution < -0.4 is 0 Å². The summed E-state index contributed by atoms with van der Waals surface area (Å²) in [5.41, 5.74) is -0.630. The van der Waals surface area contributed by atoms with Gasteiger partial charge in [-0.25, -0.2) is 0 Å². The van der Waals surface area contributed by atoms with Crippen LogP contribution in [0.2, 0.25) is 0 Å². The van der Waals surface area contributed by atoms with Gasteiger partial charge in [0, 0.05) is 30.9 Å². The van der Waals surface area contributed by atoms with Gasteiger partial charge >= 0.3 is 6.18 Å². The number of Topliss-reactive ketones (excluding diaryl/α,β-unsaturated/α-hetero) is 1. The van der Waals surface area contributed by atoms with Crippen molar-refractivity contribution in [3.8, 4) is 34.3 Å². The molecule has 1 N–H and O–H groups in total. The lowest BCUT2D eigenvalue weighted by Crippen LogP contribution is -2.12. The van der Waals surface area contributed by atoms with E-state index in [9.17, 15) is 23.1 Å². The number of alkyl halides is 3. The Bertz CT molecular complexity index is 1560. The van der Waals surface area contributed by atoms with Crippen LogP contribution in [0, 0.1) is 6.92 Å². The van der Waals surface area contributed by atoms with Gasteiger partial charge in [-0.05, 0) is 5.56 Å². The number of nitrogens with zero attached hydrogens (tertiary/aromatic N) is 5. The predicted octanol–water partition coefficient (Wildman–Crippen LogP) is 5.00. The van der Waals surface area contributed by atoms with Crippen LogP contribution in [-0.2, 0) is 17.4 Å². The van der Waals surface area contributed by atoms with Crippen molar-refractivity contribution >= 4 is 5.78 Å². The molecule has 0 bridgehead atoms. The Balaban J connectivity index is 1.34. The van der Waals surface area contributed by atoms with Crippen LogP contribution in [-0.4, -0.2) is 36.4 Å². The summed E-state index contributed by atoms with van der Waals surface area (Å²) in [6.45, 7) is 1.63. The summed E-state index contributed by atoms with van der Waals surface area (Å²) in [6, 6.07) is 13.7. The molecule has 1 atom stereocenters. The van der Waals surface area contributed by atoms with Crippen molar-refractivity contribution in [1.29, 1.82) is 0 Å². The van der Waals surface area contributed by atoms with Gasteiger partial charge in [-0.15, -0.1) is 10.2 Å². The molecule has 0 saturated carbocycles. The predicted molar refractivity (Wildman–Crippen MR) is 123 cm³/mol. The second-order valence-electron chi connectivity index (χ2n) is 8.23. The van der Waals surface area contributed by atoms with Crippen LogP contribution in [0.25, 0.3) is 34.3 Å². The Morgan fingerprint density at radius 1 is 0.974 bits per heavy atom. The van der Waals surface area contributed by atoms with Crippen molar-refractivity contribution in [2.75, 3.05) is 0 Å². The van der Waals surface area contributed by atoms with Gasteiger partial charge in [0.25, 0.3) is 5.89 Å². The minimum Gasteiger partial charge on any atom is -0.426 e. The lowest BCUT2D eigenvalue weighted by Gasteiger charge is -2.09. The topological polar surface area (TPSA) is 141 Å². The van der Waals surface area contributed by atoms with Gasteiger partial charge < -0.3 is 18.6 Å². The number of carbonyl (C=O) groups is 1. The summed E-state index contributed by atoms with van der Waals surface area (Å²) < 4.78 is 57.1. The van der Waals surface area contributed by atoms with Crippen molar-refractivity contribution in [2.24, 2.45) is 0 Å². The maximum atomic E-state index is 13.9. The molecule has 2 aromatic carbocycles. The van der Waals surface area contributed by atoms with Crippen LogP contribution in [0.15, 0.2) is 68.1 Å². The van der Waals surface area contributed by atoms with Crippen LogP contribution in [0.3, 0.4) is 0 Å². The molecule has 0 aliphatic rings. The molecule has 1 unspecified atom stereocenters. The van der Waals surface area contributed by atoms with Gasteiger partial charge in [-0.3, -0.25) is 4.79 Å². The lowest BCUT2D eigenvalue weighted by atomic mass is 10.0. The molecule has 0 amide bonds. The monoisotopic (exact) mass is 525 g/mol. The van der Waals surface area contributed by atoms with Gasteiger partial charge in [0.15, 0.2) is 5.78 Å². The third-order valence-electron chi connectivity index (χ3n) is 5.59. The van der Waals surface area contributed by atoms with E-state index in [1.54, 1.807) is 25.1 Å². The molecule has 10 nitrogen and oxygen atoms in total. The summed E-state index contributed by atoms with van der Waals surface area (Å²) >= 11 is 0. The number of aliphatic hydroxyl groups excluding tert-OH is 1. The van der Waals surface area contributed by atoms with Crippen LogP contribution in [0.1, 0.15) is 35.4 Å². The van der Waals surface area contributed by atoms with Gasteiger partial charge in [0.2, 0.25) is 23.4 Å². The smallest absolute Gasteiger partial charge is 0.422 e. The number of aliphatic hydroxyl groups is 1. The summed E-state index contributed by atoms with van der Waals surface area (Å²) in [6.07, 6.45) is -6.02. The molecule has 194 valence electrons. The number of rotatable bonds is 8. The van der Waals surface area contributed by atoms with Gasteiger partial charge in [-0.2, -0.15) is 18.2 Å². The SMILES string of the molecule is Cc1nnc(CCC(=O)C(O)c2ccc(-c3noc(-c4onc(-c5ccccc5)c4C(F)(F)F)n3)cc2)o1. The minimum absolute atomic E-state index is 0.0115. The number of hydrogen-bond acceptors (Lipinski definition) is 10. The molecule has 13 heteroatoms. The van der Waals surface area contributed by atoms with E-state index >= 15 is 0 Å². The van der Waals surface area contributed by atoms with E-state index in [1.165, 1.54) is 36.4 Å². The molecule has 0 saturated heterocycles. The molecule has 0 aliphatic heterocycles. The summed E-state index contributed by atoms with van der Waals surface area (Å²) in [5, 5.41) is 25.2. The molecule has 3 aromatic heterocycles. The van der Waals surface area contributed by atoms with Crippen molar-refractivity contribution in [3.63, 3.8) is 0 Å². The van der Waals surface area contributed by atoms with E-state index < -0.39 is 41.0 Å². The maximum Gasteiger partial charge on any atom is 0.422 e. The van der Waals surface area contributed by atoms with E-state index in [1.807, 2.05) is 0 Å². The Hall–Kier alpha value is -4.65. The van der Waals surface area contributed by atoms with Crippen LogP contribution >= 0.6 is 0 Å². The first-order valence-electron chi connectivity index (χ1n) is 11.3. The molecule has 0 fully saturated rings. The lowest BCUT2D eigenvalue weighted by molar-refractivity contribution is -0.137. The van der Waals surface area contributed by atoms with Crippen molar-refractivity contribution < 1.29 is 36.5 Å². The van der Waals surface area contributed by atoms with Crippen molar-refractivity contribution in [3.05, 3.63) is 77.5 Å². The van der Waals surface area contributed by atoms with E-state index in [-0.39, 0.29) is 24.2 Å². The highest BCUT2D eigenvalue weighted by molar-refractivity contribution is 5.84. The molecule has 0 aliphatic carbocycles. The number of ketones is 1. The molecule has 0 spiro atoms. The molecular formula is C25H18F3N5O5. The Morgan fingerprint density at radius 2 is 1.71 bits per heavy atom. The number of aryl methyl sites for hydroxylation is 2. The Labute approximate surface area is 212 Å². The van der Waals surface area contributed by atoms with Gasteiger partial charge in [0.1, 0.15) is 17.4 Å². The maximum absolute atomic E-state index is 13.9. The number of halogens is 3. The second-order valence-corrected chi connectivity index (χ2v) is 8.23. The minimum atomic E-state index is -4.80. The fourth-order valence-electron chi connectivity index (χ4n) is 3.73. The second kappa shape index (κ2) is 10.0. The first-order valence-corrected chi connectivity index (χ1v) is 11.3. The molecule has 0 radical (unpaired) electrons. The van der Waals surface area contributed by atoms with E-state index in [4.69, 9.17) is 13.5 Å². The number of aromatic nitrogens is 5. The molecular weight excluding hydrogens is 507 g/mol. The van der Waals surface area contributed by atoms with E-state index in [2.05, 4.69) is 25.5 Å². The van der Waals surface area contributed by atoms with Crippen LogP contribution in [0.5, 0.6) is 0 Å². The quantitative estimate of drug-likeness (QED) is 0.294. The largest absolute Gasteiger partial charge is 0.426 e. The third kappa shape index (κ3) is 5.09. The van der Waals surface area contributed by atoms with Gasteiger partial charge in [0.05, 0.1) is 0 Å². The Morgan fingerprint density at radius 3 is 2.37 bits per heavy atom. The van der Waals surface area contributed by atoms with E-state index in [0.717, 1.165) is 0 Å². The number of benzene rings is 2. The average molecular weight is 525 g/mol. The van der Waals surface area contributed by atoms with E-state index in [0.29, 0.717) is 22.9 Å². The number of carbonyl (C=O) groups excluding carboxylic acids is 1. The first-order chi connectivity index (χ1) is 18.2.